The van der Waals surface area contributed by atoms with Crippen molar-refractivity contribution < 1.29 is 0 Å². The number of halogens is 1. The van der Waals surface area contributed by atoms with Gasteiger partial charge in [0, 0.05) is 12.6 Å². The van der Waals surface area contributed by atoms with E-state index in [1.54, 1.807) is 6.07 Å². The molecule has 0 bridgehead atoms. The van der Waals surface area contributed by atoms with Crippen LogP contribution in [0, 0.1) is 0 Å². The maximum atomic E-state index is 5.81. The number of nitrogens with zero attached hydrogens (tertiary/aromatic N) is 2. The number of aromatic nitrogens is 2. The second-order valence-corrected chi connectivity index (χ2v) is 4.65. The summed E-state index contributed by atoms with van der Waals surface area (Å²) in [6.07, 6.45) is 1.45. The van der Waals surface area contributed by atoms with Gasteiger partial charge in [0.2, 0.25) is 0 Å². The van der Waals surface area contributed by atoms with Crippen LogP contribution in [-0.2, 0) is 6.54 Å². The van der Waals surface area contributed by atoms with Gasteiger partial charge in [-0.1, -0.05) is 48.0 Å². The molecule has 0 spiro atoms. The molecule has 0 aliphatic carbocycles. The highest BCUT2D eigenvalue weighted by Gasteiger charge is 1.98. The van der Waals surface area contributed by atoms with E-state index in [0.29, 0.717) is 11.7 Å². The van der Waals surface area contributed by atoms with E-state index in [1.165, 1.54) is 22.7 Å². The number of rotatable bonds is 3. The summed E-state index contributed by atoms with van der Waals surface area (Å²) in [7, 11) is 0. The highest BCUT2D eigenvalue weighted by atomic mass is 35.5. The van der Waals surface area contributed by atoms with Crippen molar-refractivity contribution in [2.24, 2.45) is 0 Å². The van der Waals surface area contributed by atoms with Gasteiger partial charge in [0.25, 0.3) is 0 Å². The van der Waals surface area contributed by atoms with Gasteiger partial charge < -0.3 is 5.32 Å². The lowest BCUT2D eigenvalue weighted by Gasteiger charge is -2.06. The zero-order chi connectivity index (χ0) is 13.1. The van der Waals surface area contributed by atoms with Crippen LogP contribution < -0.4 is 5.32 Å². The number of hydrogen-bond acceptors (Lipinski definition) is 3. The maximum absolute atomic E-state index is 5.81. The molecule has 0 unspecified atom stereocenters. The van der Waals surface area contributed by atoms with E-state index in [1.807, 2.05) is 12.1 Å². The molecule has 0 amide bonds. The molecule has 19 heavy (non-hydrogen) atoms. The van der Waals surface area contributed by atoms with Crippen molar-refractivity contribution in [1.82, 2.24) is 9.97 Å². The van der Waals surface area contributed by atoms with Crippen LogP contribution in [-0.4, -0.2) is 9.97 Å². The first-order valence-electron chi connectivity index (χ1n) is 6.00. The normalized spacial score (nSPS) is 10.6. The SMILES string of the molecule is Clc1cc(NCc2ccc3ccccc3c2)ncn1. The van der Waals surface area contributed by atoms with Gasteiger partial charge in [-0.3, -0.25) is 0 Å². The summed E-state index contributed by atoms with van der Waals surface area (Å²) in [6, 6.07) is 16.4. The summed E-state index contributed by atoms with van der Waals surface area (Å²) >= 11 is 5.81. The van der Waals surface area contributed by atoms with E-state index >= 15 is 0 Å². The monoisotopic (exact) mass is 269 g/mol. The lowest BCUT2D eigenvalue weighted by molar-refractivity contribution is 1.08. The highest BCUT2D eigenvalue weighted by Crippen LogP contribution is 2.16. The van der Waals surface area contributed by atoms with Crippen LogP contribution in [0.25, 0.3) is 10.8 Å². The number of fused-ring (bicyclic) bond motifs is 1. The Hall–Kier alpha value is -2.13. The predicted molar refractivity (Wildman–Crippen MR) is 78.3 cm³/mol. The molecular formula is C15H12ClN3. The maximum Gasteiger partial charge on any atom is 0.134 e. The molecule has 0 aliphatic rings. The quantitative estimate of drug-likeness (QED) is 0.733. The van der Waals surface area contributed by atoms with Gasteiger partial charge in [0.1, 0.15) is 17.3 Å². The largest absolute Gasteiger partial charge is 0.366 e. The fourth-order valence-electron chi connectivity index (χ4n) is 1.97. The van der Waals surface area contributed by atoms with Crippen LogP contribution in [0.2, 0.25) is 5.15 Å². The third-order valence-electron chi connectivity index (χ3n) is 2.92. The van der Waals surface area contributed by atoms with E-state index in [9.17, 15) is 0 Å². The second kappa shape index (κ2) is 5.24. The van der Waals surface area contributed by atoms with Crippen molar-refractivity contribution in [2.75, 3.05) is 5.32 Å². The molecule has 1 heterocycles. The van der Waals surface area contributed by atoms with Gasteiger partial charge in [0.15, 0.2) is 0 Å². The van der Waals surface area contributed by atoms with Crippen LogP contribution in [0.15, 0.2) is 54.9 Å². The Balaban J connectivity index is 1.78. The summed E-state index contributed by atoms with van der Waals surface area (Å²) in [5, 5.41) is 6.16. The van der Waals surface area contributed by atoms with E-state index in [0.717, 1.165) is 5.82 Å². The molecule has 0 atom stereocenters. The topological polar surface area (TPSA) is 37.8 Å². The Morgan fingerprint density at radius 3 is 2.63 bits per heavy atom. The zero-order valence-electron chi connectivity index (χ0n) is 10.2. The molecule has 94 valence electrons. The lowest BCUT2D eigenvalue weighted by Crippen LogP contribution is -2.01. The molecule has 1 N–H and O–H groups in total. The minimum atomic E-state index is 0.441. The smallest absolute Gasteiger partial charge is 0.134 e. The molecule has 3 rings (SSSR count). The van der Waals surface area contributed by atoms with E-state index in [2.05, 4.69) is 45.6 Å². The molecule has 4 heteroatoms. The fourth-order valence-corrected chi connectivity index (χ4v) is 2.12. The average molecular weight is 270 g/mol. The molecule has 3 aromatic rings. The van der Waals surface area contributed by atoms with Crippen molar-refractivity contribution in [1.29, 1.82) is 0 Å². The molecule has 0 saturated heterocycles. The lowest BCUT2D eigenvalue weighted by atomic mass is 10.1. The Kier molecular flexibility index (Phi) is 3.29. The van der Waals surface area contributed by atoms with Crippen LogP contribution in [0.3, 0.4) is 0 Å². The van der Waals surface area contributed by atoms with Gasteiger partial charge in [-0.25, -0.2) is 9.97 Å². The third-order valence-corrected chi connectivity index (χ3v) is 3.13. The fraction of sp³-hybridized carbons (Fsp3) is 0.0667. The molecule has 0 radical (unpaired) electrons. The van der Waals surface area contributed by atoms with Crippen LogP contribution in [0.5, 0.6) is 0 Å². The Morgan fingerprint density at radius 2 is 1.79 bits per heavy atom. The zero-order valence-corrected chi connectivity index (χ0v) is 10.9. The predicted octanol–water partition coefficient (Wildman–Crippen LogP) is 3.90. The van der Waals surface area contributed by atoms with Crippen molar-refractivity contribution >= 4 is 28.2 Å². The average Bonchev–Trinajstić information content (AvgIpc) is 2.45. The second-order valence-electron chi connectivity index (χ2n) is 4.26. The highest BCUT2D eigenvalue weighted by molar-refractivity contribution is 6.29. The molecule has 2 aromatic carbocycles. The van der Waals surface area contributed by atoms with Crippen molar-refractivity contribution in [3.05, 3.63) is 65.6 Å². The molecule has 0 fully saturated rings. The van der Waals surface area contributed by atoms with Crippen LogP contribution >= 0.6 is 11.6 Å². The number of hydrogen-bond donors (Lipinski definition) is 1. The van der Waals surface area contributed by atoms with Crippen molar-refractivity contribution in [2.45, 2.75) is 6.54 Å². The molecule has 0 aliphatic heterocycles. The summed E-state index contributed by atoms with van der Waals surface area (Å²) in [4.78, 5) is 7.96. The van der Waals surface area contributed by atoms with Gasteiger partial charge in [0.05, 0.1) is 0 Å². The summed E-state index contributed by atoms with van der Waals surface area (Å²) < 4.78 is 0. The number of anilines is 1. The standard InChI is InChI=1S/C15H12ClN3/c16-14-8-15(19-10-18-14)17-9-11-5-6-12-3-1-2-4-13(12)7-11/h1-8,10H,9H2,(H,17,18,19). The van der Waals surface area contributed by atoms with E-state index < -0.39 is 0 Å². The first-order chi connectivity index (χ1) is 9.31. The minimum Gasteiger partial charge on any atom is -0.366 e. The van der Waals surface area contributed by atoms with Crippen LogP contribution in [0.4, 0.5) is 5.82 Å². The minimum absolute atomic E-state index is 0.441. The van der Waals surface area contributed by atoms with Gasteiger partial charge in [-0.2, -0.15) is 0 Å². The van der Waals surface area contributed by atoms with Gasteiger partial charge in [-0.05, 0) is 22.4 Å². The third kappa shape index (κ3) is 2.83. The number of nitrogens with one attached hydrogen (secondary N) is 1. The Bertz CT molecular complexity index is 712. The summed E-state index contributed by atoms with van der Waals surface area (Å²) in [6.45, 7) is 0.707. The van der Waals surface area contributed by atoms with Crippen molar-refractivity contribution in [3.8, 4) is 0 Å². The van der Waals surface area contributed by atoms with Crippen molar-refractivity contribution in [3.63, 3.8) is 0 Å². The molecular weight excluding hydrogens is 258 g/mol. The first kappa shape index (κ1) is 11.9. The Labute approximate surface area is 116 Å². The molecule has 3 nitrogen and oxygen atoms in total. The number of benzene rings is 2. The summed E-state index contributed by atoms with van der Waals surface area (Å²) in [5.41, 5.74) is 1.20. The van der Waals surface area contributed by atoms with E-state index in [-0.39, 0.29) is 0 Å². The molecule has 0 saturated carbocycles. The van der Waals surface area contributed by atoms with Gasteiger partial charge >= 0.3 is 0 Å². The van der Waals surface area contributed by atoms with Crippen LogP contribution in [0.1, 0.15) is 5.56 Å². The molecule has 1 aromatic heterocycles. The Morgan fingerprint density at radius 1 is 0.947 bits per heavy atom. The summed E-state index contributed by atoms with van der Waals surface area (Å²) in [5.74, 6) is 0.730. The van der Waals surface area contributed by atoms with Gasteiger partial charge in [-0.15, -0.1) is 0 Å². The first-order valence-corrected chi connectivity index (χ1v) is 6.38. The van der Waals surface area contributed by atoms with E-state index in [4.69, 9.17) is 11.6 Å².